The molecule has 0 bridgehead atoms. The molecule has 7 nitrogen and oxygen atoms in total. The van der Waals surface area contributed by atoms with Crippen LogP contribution in [0.3, 0.4) is 0 Å². The largest absolute Gasteiger partial charge is 0.454 e. The highest BCUT2D eigenvalue weighted by Crippen LogP contribution is 2.35. The summed E-state index contributed by atoms with van der Waals surface area (Å²) in [6.07, 6.45) is 1.39. The van der Waals surface area contributed by atoms with Crippen molar-refractivity contribution in [2.24, 2.45) is 0 Å². The SMILES string of the molecule is Cc1noc(C)c1CCc1nnc(-c2ccc3c(c2)OCO3)o1. The van der Waals surface area contributed by atoms with E-state index in [0.717, 1.165) is 34.8 Å². The molecule has 0 unspecified atom stereocenters. The van der Waals surface area contributed by atoms with Crippen LogP contribution >= 0.6 is 0 Å². The molecule has 0 fully saturated rings. The molecule has 0 radical (unpaired) electrons. The van der Waals surface area contributed by atoms with Gasteiger partial charge in [-0.1, -0.05) is 5.16 Å². The Morgan fingerprint density at radius 3 is 2.74 bits per heavy atom. The van der Waals surface area contributed by atoms with Crippen molar-refractivity contribution >= 4 is 0 Å². The van der Waals surface area contributed by atoms with Gasteiger partial charge in [-0.2, -0.15) is 0 Å². The fourth-order valence-corrected chi connectivity index (χ4v) is 2.59. The van der Waals surface area contributed by atoms with Crippen LogP contribution in [0.2, 0.25) is 0 Å². The number of fused-ring (bicyclic) bond motifs is 1. The van der Waals surface area contributed by atoms with Gasteiger partial charge in [0.25, 0.3) is 0 Å². The fraction of sp³-hybridized carbons (Fsp3) is 0.312. The standard InChI is InChI=1S/C16H15N3O4/c1-9-12(10(2)23-19-9)4-6-15-17-18-16(22-15)11-3-5-13-14(7-11)21-8-20-13/h3,5,7H,4,6,8H2,1-2H3. The first kappa shape index (κ1) is 13.8. The number of hydrogen-bond donors (Lipinski definition) is 0. The zero-order valence-corrected chi connectivity index (χ0v) is 12.8. The summed E-state index contributed by atoms with van der Waals surface area (Å²) in [5, 5.41) is 12.2. The molecular weight excluding hydrogens is 298 g/mol. The van der Waals surface area contributed by atoms with E-state index in [0.29, 0.717) is 24.0 Å². The summed E-state index contributed by atoms with van der Waals surface area (Å²) in [4.78, 5) is 0. The third-order valence-corrected chi connectivity index (χ3v) is 3.86. The van der Waals surface area contributed by atoms with E-state index in [1.807, 2.05) is 32.0 Å². The van der Waals surface area contributed by atoms with Gasteiger partial charge in [0.15, 0.2) is 11.5 Å². The maximum atomic E-state index is 5.74. The highest BCUT2D eigenvalue weighted by Gasteiger charge is 2.17. The fourth-order valence-electron chi connectivity index (χ4n) is 2.59. The number of aryl methyl sites for hydroxylation is 3. The van der Waals surface area contributed by atoms with Crippen molar-refractivity contribution in [3.8, 4) is 23.0 Å². The van der Waals surface area contributed by atoms with Crippen LogP contribution in [0.5, 0.6) is 11.5 Å². The number of rotatable bonds is 4. The minimum atomic E-state index is 0.241. The molecule has 2 aromatic heterocycles. The molecule has 0 saturated heterocycles. The van der Waals surface area contributed by atoms with Gasteiger partial charge in [0.05, 0.1) is 5.69 Å². The van der Waals surface area contributed by atoms with Gasteiger partial charge < -0.3 is 18.4 Å². The van der Waals surface area contributed by atoms with E-state index in [1.165, 1.54) is 0 Å². The van der Waals surface area contributed by atoms with Crippen molar-refractivity contribution in [3.63, 3.8) is 0 Å². The second-order valence-electron chi connectivity index (χ2n) is 5.37. The minimum absolute atomic E-state index is 0.241. The van der Waals surface area contributed by atoms with Crippen LogP contribution in [-0.4, -0.2) is 22.1 Å². The first-order valence-electron chi connectivity index (χ1n) is 7.35. The first-order chi connectivity index (χ1) is 11.2. The molecule has 3 heterocycles. The van der Waals surface area contributed by atoms with Crippen LogP contribution in [0.25, 0.3) is 11.5 Å². The van der Waals surface area contributed by atoms with Crippen molar-refractivity contribution in [2.75, 3.05) is 6.79 Å². The van der Waals surface area contributed by atoms with Crippen LogP contribution in [0.4, 0.5) is 0 Å². The van der Waals surface area contributed by atoms with Crippen molar-refractivity contribution in [3.05, 3.63) is 41.1 Å². The van der Waals surface area contributed by atoms with Gasteiger partial charge in [0.2, 0.25) is 18.6 Å². The summed E-state index contributed by atoms with van der Waals surface area (Å²) >= 11 is 0. The van der Waals surface area contributed by atoms with Gasteiger partial charge >= 0.3 is 0 Å². The van der Waals surface area contributed by atoms with Crippen molar-refractivity contribution in [2.45, 2.75) is 26.7 Å². The Balaban J connectivity index is 1.51. The molecular formula is C16H15N3O4. The molecule has 1 aliphatic rings. The summed E-state index contributed by atoms with van der Waals surface area (Å²) in [6, 6.07) is 5.55. The Bertz CT molecular complexity index is 833. The predicted octanol–water partition coefficient (Wildman–Crippen LogP) is 2.86. The summed E-state index contributed by atoms with van der Waals surface area (Å²) in [5.41, 5.74) is 2.80. The number of benzene rings is 1. The first-order valence-corrected chi connectivity index (χ1v) is 7.35. The van der Waals surface area contributed by atoms with Gasteiger partial charge in [0, 0.05) is 17.5 Å². The summed E-state index contributed by atoms with van der Waals surface area (Å²) in [6.45, 7) is 4.07. The van der Waals surface area contributed by atoms with Gasteiger partial charge in [0.1, 0.15) is 5.76 Å². The normalized spacial score (nSPS) is 12.8. The quantitative estimate of drug-likeness (QED) is 0.732. The molecule has 7 heteroatoms. The molecule has 0 atom stereocenters. The van der Waals surface area contributed by atoms with Crippen molar-refractivity contribution in [1.29, 1.82) is 0 Å². The summed E-state index contributed by atoms with van der Waals surface area (Å²) in [7, 11) is 0. The third-order valence-electron chi connectivity index (χ3n) is 3.86. The molecule has 118 valence electrons. The maximum Gasteiger partial charge on any atom is 0.247 e. The van der Waals surface area contributed by atoms with E-state index < -0.39 is 0 Å². The molecule has 0 saturated carbocycles. The van der Waals surface area contributed by atoms with Crippen LogP contribution in [0.1, 0.15) is 22.9 Å². The lowest BCUT2D eigenvalue weighted by Crippen LogP contribution is -1.94. The Morgan fingerprint density at radius 1 is 1.04 bits per heavy atom. The van der Waals surface area contributed by atoms with E-state index in [9.17, 15) is 0 Å². The highest BCUT2D eigenvalue weighted by molar-refractivity contribution is 5.60. The van der Waals surface area contributed by atoms with E-state index in [2.05, 4.69) is 15.4 Å². The Hall–Kier alpha value is -2.83. The number of nitrogens with zero attached hydrogens (tertiary/aromatic N) is 3. The maximum absolute atomic E-state index is 5.74. The predicted molar refractivity (Wildman–Crippen MR) is 79.2 cm³/mol. The second kappa shape index (κ2) is 5.42. The van der Waals surface area contributed by atoms with Crippen LogP contribution in [0.15, 0.2) is 27.1 Å². The number of hydrogen-bond acceptors (Lipinski definition) is 7. The smallest absolute Gasteiger partial charge is 0.247 e. The van der Waals surface area contributed by atoms with Crippen LogP contribution < -0.4 is 9.47 Å². The van der Waals surface area contributed by atoms with E-state index >= 15 is 0 Å². The molecule has 0 aliphatic carbocycles. The van der Waals surface area contributed by atoms with E-state index in [4.69, 9.17) is 18.4 Å². The number of ether oxygens (including phenoxy) is 2. The van der Waals surface area contributed by atoms with Crippen LogP contribution in [0, 0.1) is 13.8 Å². The highest BCUT2D eigenvalue weighted by atomic mass is 16.7. The Kier molecular flexibility index (Phi) is 3.25. The average molecular weight is 313 g/mol. The molecule has 3 aromatic rings. The third kappa shape index (κ3) is 2.54. The lowest BCUT2D eigenvalue weighted by molar-refractivity contribution is 0.174. The van der Waals surface area contributed by atoms with Gasteiger partial charge in [-0.25, -0.2) is 0 Å². The average Bonchev–Trinajstić information content (AvgIpc) is 3.26. The topological polar surface area (TPSA) is 83.4 Å². The molecule has 1 aromatic carbocycles. The molecule has 0 spiro atoms. The van der Waals surface area contributed by atoms with Crippen molar-refractivity contribution < 1.29 is 18.4 Å². The molecule has 1 aliphatic heterocycles. The van der Waals surface area contributed by atoms with E-state index in [-0.39, 0.29) is 6.79 Å². The second-order valence-corrected chi connectivity index (χ2v) is 5.37. The van der Waals surface area contributed by atoms with E-state index in [1.54, 1.807) is 0 Å². The lowest BCUT2D eigenvalue weighted by Gasteiger charge is -1.98. The molecule has 0 N–H and O–H groups in total. The Morgan fingerprint density at radius 2 is 1.91 bits per heavy atom. The zero-order valence-electron chi connectivity index (χ0n) is 12.8. The monoisotopic (exact) mass is 313 g/mol. The summed E-state index contributed by atoms with van der Waals surface area (Å²) < 4.78 is 21.6. The molecule has 0 amide bonds. The van der Waals surface area contributed by atoms with Gasteiger partial charge in [-0.15, -0.1) is 10.2 Å². The molecule has 4 rings (SSSR count). The number of aromatic nitrogens is 3. The lowest BCUT2D eigenvalue weighted by atomic mass is 10.1. The zero-order chi connectivity index (χ0) is 15.8. The van der Waals surface area contributed by atoms with Gasteiger partial charge in [-0.3, -0.25) is 0 Å². The Labute approximate surface area is 132 Å². The van der Waals surface area contributed by atoms with Gasteiger partial charge in [-0.05, 0) is 38.5 Å². The molecule has 23 heavy (non-hydrogen) atoms. The minimum Gasteiger partial charge on any atom is -0.454 e. The summed E-state index contributed by atoms with van der Waals surface area (Å²) in [5.74, 6) is 3.30. The van der Waals surface area contributed by atoms with Crippen LogP contribution in [-0.2, 0) is 12.8 Å². The van der Waals surface area contributed by atoms with Crippen molar-refractivity contribution in [1.82, 2.24) is 15.4 Å².